The Hall–Kier alpha value is -1.44. The van der Waals surface area contributed by atoms with Gasteiger partial charge in [0, 0.05) is 55.9 Å². The van der Waals surface area contributed by atoms with Gasteiger partial charge in [0.15, 0.2) is 10.1 Å². The maximum Gasteiger partial charge on any atom is 0.193 e. The number of hydrogen-bond donors (Lipinski definition) is 0. The molecule has 0 spiro atoms. The van der Waals surface area contributed by atoms with E-state index in [2.05, 4.69) is 54.2 Å². The third-order valence-corrected chi connectivity index (χ3v) is 5.57. The van der Waals surface area contributed by atoms with E-state index in [0.29, 0.717) is 0 Å². The van der Waals surface area contributed by atoms with Gasteiger partial charge in [0.05, 0.1) is 11.4 Å². The van der Waals surface area contributed by atoms with Crippen LogP contribution in [0.5, 0.6) is 0 Å². The van der Waals surface area contributed by atoms with Crippen LogP contribution >= 0.6 is 22.7 Å². The molecule has 0 amide bonds. The van der Waals surface area contributed by atoms with Crippen LogP contribution in [0.15, 0.2) is 23.2 Å². The Morgan fingerprint density at radius 2 is 2.00 bits per heavy atom. The molecule has 0 aliphatic carbocycles. The van der Waals surface area contributed by atoms with Gasteiger partial charge in [0.1, 0.15) is 0 Å². The van der Waals surface area contributed by atoms with Crippen LogP contribution in [0.3, 0.4) is 0 Å². The van der Waals surface area contributed by atoms with Gasteiger partial charge in [-0.2, -0.15) is 0 Å². The number of nitrogens with zero attached hydrogens (tertiary/aromatic N) is 5. The van der Waals surface area contributed by atoms with Crippen molar-refractivity contribution >= 4 is 32.8 Å². The maximum absolute atomic E-state index is 4.66. The molecule has 3 aromatic rings. The summed E-state index contributed by atoms with van der Waals surface area (Å²) in [6, 6.07) is 0. The van der Waals surface area contributed by atoms with Crippen LogP contribution in [-0.4, -0.2) is 45.4 Å². The Morgan fingerprint density at radius 3 is 2.71 bits per heavy atom. The van der Waals surface area contributed by atoms with Crippen molar-refractivity contribution < 1.29 is 0 Å². The highest BCUT2D eigenvalue weighted by Crippen LogP contribution is 2.22. The van der Waals surface area contributed by atoms with Gasteiger partial charge in [-0.3, -0.25) is 9.30 Å². The van der Waals surface area contributed by atoms with Gasteiger partial charge in [0.25, 0.3) is 0 Å². The lowest BCUT2D eigenvalue weighted by Crippen LogP contribution is -2.46. The fourth-order valence-corrected chi connectivity index (χ4v) is 4.24. The van der Waals surface area contributed by atoms with Gasteiger partial charge in [0.2, 0.25) is 0 Å². The Kier molecular flexibility index (Phi) is 3.40. The maximum atomic E-state index is 4.66. The van der Waals surface area contributed by atoms with E-state index in [4.69, 9.17) is 0 Å². The molecule has 0 unspecified atom stereocenters. The minimum atomic E-state index is 0.944. The Balaban J connectivity index is 1.37. The molecule has 1 aliphatic rings. The van der Waals surface area contributed by atoms with Crippen LogP contribution in [0.25, 0.3) is 4.96 Å². The number of piperazine rings is 1. The smallest absolute Gasteiger partial charge is 0.193 e. The zero-order valence-corrected chi connectivity index (χ0v) is 13.5. The summed E-state index contributed by atoms with van der Waals surface area (Å²) < 4.78 is 2.11. The molecule has 110 valence electrons. The fraction of sp³-hybridized carbons (Fsp3) is 0.429. The lowest BCUT2D eigenvalue weighted by atomic mass is 10.3. The van der Waals surface area contributed by atoms with Crippen molar-refractivity contribution in [1.29, 1.82) is 0 Å². The molecule has 4 rings (SSSR count). The molecule has 0 atom stereocenters. The second-order valence-electron chi connectivity index (χ2n) is 5.36. The highest BCUT2D eigenvalue weighted by atomic mass is 32.1. The van der Waals surface area contributed by atoms with E-state index >= 15 is 0 Å². The summed E-state index contributed by atoms with van der Waals surface area (Å²) in [5.74, 6) is 0. The van der Waals surface area contributed by atoms with E-state index in [9.17, 15) is 0 Å². The van der Waals surface area contributed by atoms with Crippen molar-refractivity contribution in [3.8, 4) is 0 Å². The summed E-state index contributed by atoms with van der Waals surface area (Å²) in [6.45, 7) is 7.25. The third kappa shape index (κ3) is 2.68. The number of hydrogen-bond acceptors (Lipinski definition) is 6. The summed E-state index contributed by atoms with van der Waals surface area (Å²) in [4.78, 5) is 15.2. The summed E-state index contributed by atoms with van der Waals surface area (Å²) in [5, 5.41) is 5.36. The molecule has 0 bridgehead atoms. The number of rotatable bonds is 3. The minimum Gasteiger partial charge on any atom is -0.346 e. The molecule has 0 radical (unpaired) electrons. The minimum absolute atomic E-state index is 0.944. The Morgan fingerprint density at radius 1 is 1.14 bits per heavy atom. The molecular formula is C14H17N5S2. The van der Waals surface area contributed by atoms with Crippen molar-refractivity contribution in [3.63, 3.8) is 0 Å². The first-order valence-corrected chi connectivity index (χ1v) is 8.84. The van der Waals surface area contributed by atoms with Crippen molar-refractivity contribution in [1.82, 2.24) is 19.3 Å². The first-order chi connectivity index (χ1) is 10.3. The highest BCUT2D eigenvalue weighted by Gasteiger charge is 2.19. The summed E-state index contributed by atoms with van der Waals surface area (Å²) in [6.07, 6.45) is 4.21. The zero-order chi connectivity index (χ0) is 14.2. The van der Waals surface area contributed by atoms with Gasteiger partial charge in [-0.15, -0.1) is 22.7 Å². The van der Waals surface area contributed by atoms with E-state index in [1.165, 1.54) is 5.69 Å². The molecule has 1 fully saturated rings. The van der Waals surface area contributed by atoms with Crippen molar-refractivity contribution in [2.24, 2.45) is 0 Å². The molecule has 0 N–H and O–H groups in total. The van der Waals surface area contributed by atoms with Crippen LogP contribution in [0, 0.1) is 6.92 Å². The predicted octanol–water partition coefficient (Wildman–Crippen LogP) is 2.48. The topological polar surface area (TPSA) is 36.7 Å². The predicted molar refractivity (Wildman–Crippen MR) is 87.4 cm³/mol. The molecule has 21 heavy (non-hydrogen) atoms. The van der Waals surface area contributed by atoms with Gasteiger partial charge >= 0.3 is 0 Å². The average Bonchev–Trinajstić information content (AvgIpc) is 3.15. The molecule has 4 heterocycles. The first kappa shape index (κ1) is 13.2. The number of thiazole rings is 2. The number of fused-ring (bicyclic) bond motifs is 1. The van der Waals surface area contributed by atoms with Crippen LogP contribution in [0.2, 0.25) is 0 Å². The Bertz CT molecular complexity index is 707. The molecule has 1 saturated heterocycles. The summed E-state index contributed by atoms with van der Waals surface area (Å²) in [7, 11) is 0. The van der Waals surface area contributed by atoms with Gasteiger partial charge in [-0.05, 0) is 6.92 Å². The van der Waals surface area contributed by atoms with E-state index in [1.807, 2.05) is 0 Å². The van der Waals surface area contributed by atoms with E-state index in [1.54, 1.807) is 22.7 Å². The molecule has 0 aromatic carbocycles. The molecule has 3 aromatic heterocycles. The Labute approximate surface area is 131 Å². The highest BCUT2D eigenvalue weighted by molar-refractivity contribution is 7.15. The third-order valence-electron chi connectivity index (χ3n) is 3.78. The van der Waals surface area contributed by atoms with Gasteiger partial charge in [-0.25, -0.2) is 9.97 Å². The number of imidazole rings is 1. The largest absolute Gasteiger partial charge is 0.346 e. The van der Waals surface area contributed by atoms with Gasteiger partial charge in [-0.1, -0.05) is 0 Å². The van der Waals surface area contributed by atoms with Crippen LogP contribution in [0.1, 0.15) is 11.4 Å². The standard InChI is InChI=1S/C14H17N5S2/c1-11-10-21-13(15-11)18-4-2-17(3-5-18)8-12-9-19-6-7-20-14(19)16-12/h6-7,9-10H,2-5,8H2,1H3. The van der Waals surface area contributed by atoms with E-state index in [0.717, 1.165) is 48.5 Å². The van der Waals surface area contributed by atoms with Crippen LogP contribution in [0.4, 0.5) is 5.13 Å². The molecule has 7 heteroatoms. The van der Waals surface area contributed by atoms with Crippen LogP contribution < -0.4 is 4.90 Å². The normalized spacial score (nSPS) is 16.9. The van der Waals surface area contributed by atoms with E-state index < -0.39 is 0 Å². The summed E-state index contributed by atoms with van der Waals surface area (Å²) in [5.41, 5.74) is 2.29. The molecular weight excluding hydrogens is 302 g/mol. The average molecular weight is 319 g/mol. The number of aromatic nitrogens is 3. The second kappa shape index (κ2) is 5.40. The fourth-order valence-electron chi connectivity index (χ4n) is 2.67. The van der Waals surface area contributed by atoms with Crippen LogP contribution in [-0.2, 0) is 6.54 Å². The molecule has 5 nitrogen and oxygen atoms in total. The number of aryl methyl sites for hydroxylation is 1. The second-order valence-corrected chi connectivity index (χ2v) is 7.07. The first-order valence-electron chi connectivity index (χ1n) is 7.08. The quantitative estimate of drug-likeness (QED) is 0.743. The summed E-state index contributed by atoms with van der Waals surface area (Å²) >= 11 is 3.44. The SMILES string of the molecule is Cc1csc(N2CCN(Cc3cn4ccsc4n3)CC2)n1. The van der Waals surface area contributed by atoms with Crippen molar-refractivity contribution in [3.05, 3.63) is 34.5 Å². The van der Waals surface area contributed by atoms with Crippen molar-refractivity contribution in [2.75, 3.05) is 31.1 Å². The van der Waals surface area contributed by atoms with Gasteiger partial charge < -0.3 is 4.90 Å². The lowest BCUT2D eigenvalue weighted by Gasteiger charge is -2.34. The zero-order valence-electron chi connectivity index (χ0n) is 11.9. The molecule has 0 saturated carbocycles. The molecule has 1 aliphatic heterocycles. The van der Waals surface area contributed by atoms with E-state index in [-0.39, 0.29) is 0 Å². The number of anilines is 1. The lowest BCUT2D eigenvalue weighted by molar-refractivity contribution is 0.247. The monoisotopic (exact) mass is 319 g/mol. The van der Waals surface area contributed by atoms with Crippen molar-refractivity contribution in [2.45, 2.75) is 13.5 Å².